The van der Waals surface area contributed by atoms with Gasteiger partial charge < -0.3 is 43.8 Å². The Morgan fingerprint density at radius 3 is 2.45 bits per heavy atom. The first-order valence-corrected chi connectivity index (χ1v) is 21.1. The van der Waals surface area contributed by atoms with E-state index in [0.717, 1.165) is 24.0 Å². The molecule has 1 fully saturated rings. The molecule has 1 aliphatic heterocycles. The normalized spacial score (nSPS) is 23.0. The van der Waals surface area contributed by atoms with Gasteiger partial charge in [-0.05, 0) is 79.5 Å². The van der Waals surface area contributed by atoms with Crippen molar-refractivity contribution in [3.8, 4) is 17.2 Å². The van der Waals surface area contributed by atoms with Gasteiger partial charge >= 0.3 is 6.09 Å². The maximum Gasteiger partial charge on any atom is 0.415 e. The fourth-order valence-electron chi connectivity index (χ4n) is 9.12. The number of amides is 1. The summed E-state index contributed by atoms with van der Waals surface area (Å²) < 4.78 is 46.7. The van der Waals surface area contributed by atoms with Gasteiger partial charge in [-0.1, -0.05) is 48.3 Å². The van der Waals surface area contributed by atoms with Gasteiger partial charge in [-0.3, -0.25) is 15.0 Å². The number of unbranched alkanes of at least 4 members (excludes halogenated alkanes) is 2. The lowest BCUT2D eigenvalue weighted by Gasteiger charge is -2.59. The van der Waals surface area contributed by atoms with Crippen LogP contribution in [0.1, 0.15) is 62.0 Å². The lowest BCUT2D eigenvalue weighted by atomic mass is 9.55. The number of carbonyl (C=O) groups excluding carboxylic acids is 1. The fraction of sp³-hybridized carbons (Fsp3) is 0.478. The number of nitrogens with zero attached hydrogens (tertiary/aromatic N) is 3. The predicted octanol–water partition coefficient (Wildman–Crippen LogP) is 7.09. The number of aliphatic hydroxyl groups is 3. The number of benzene rings is 3. The number of oxime groups is 1. The number of non-ortho nitro benzene ring substituents is 1. The van der Waals surface area contributed by atoms with Crippen LogP contribution in [0.15, 0.2) is 96.2 Å². The molecule has 6 atom stereocenters. The highest BCUT2D eigenvalue weighted by Crippen LogP contribution is 2.62. The summed E-state index contributed by atoms with van der Waals surface area (Å²) in [5, 5.41) is 45.2. The number of halogens is 1. The molecule has 2 aliphatic carbocycles. The second-order valence-corrected chi connectivity index (χ2v) is 15.5. The molecule has 15 nitrogen and oxygen atoms in total. The van der Waals surface area contributed by atoms with Crippen molar-refractivity contribution in [2.45, 2.75) is 69.3 Å². The van der Waals surface area contributed by atoms with Crippen LogP contribution in [0.3, 0.4) is 0 Å². The minimum absolute atomic E-state index is 0.00643. The van der Waals surface area contributed by atoms with Gasteiger partial charge in [0.1, 0.15) is 42.8 Å². The summed E-state index contributed by atoms with van der Waals surface area (Å²) >= 11 is 0. The van der Waals surface area contributed by atoms with Crippen LogP contribution in [0.2, 0.25) is 0 Å². The lowest BCUT2D eigenvalue weighted by molar-refractivity contribution is -0.384. The molecular weight excluding hydrogens is 806 g/mol. The predicted molar refractivity (Wildman–Crippen MR) is 226 cm³/mol. The molecule has 0 unspecified atom stereocenters. The largest absolute Gasteiger partial charge is 0.489 e. The zero-order valence-corrected chi connectivity index (χ0v) is 34.9. The molecule has 3 aromatic rings. The van der Waals surface area contributed by atoms with Crippen molar-refractivity contribution < 1.29 is 57.9 Å². The topological polar surface area (TPSA) is 192 Å². The van der Waals surface area contributed by atoms with Crippen molar-refractivity contribution in [3.63, 3.8) is 0 Å². The molecule has 6 rings (SSSR count). The van der Waals surface area contributed by atoms with E-state index in [4.69, 9.17) is 28.5 Å². The summed E-state index contributed by atoms with van der Waals surface area (Å²) in [4.78, 5) is 32.4. The van der Waals surface area contributed by atoms with Crippen molar-refractivity contribution in [1.82, 2.24) is 4.90 Å². The smallest absolute Gasteiger partial charge is 0.415 e. The van der Waals surface area contributed by atoms with E-state index in [1.54, 1.807) is 36.4 Å². The summed E-state index contributed by atoms with van der Waals surface area (Å²) in [6.07, 6.45) is 7.17. The summed E-state index contributed by atoms with van der Waals surface area (Å²) in [6.45, 7) is 3.74. The first-order valence-electron chi connectivity index (χ1n) is 21.1. The molecule has 334 valence electrons. The Kier molecular flexibility index (Phi) is 16.4. The number of hydrogen-bond donors (Lipinski definition) is 3. The maximum absolute atomic E-state index is 14.7. The first kappa shape index (κ1) is 46.1. The Balaban J connectivity index is 1.53. The highest BCUT2D eigenvalue weighted by Gasteiger charge is 2.65. The molecule has 0 aromatic heterocycles. The number of carbonyl (C=O) groups is 1. The molecule has 3 aliphatic rings. The molecule has 0 bridgehead atoms. The second kappa shape index (κ2) is 22.1. The maximum atomic E-state index is 14.7. The molecular formula is C46H56FN3O12. The van der Waals surface area contributed by atoms with Gasteiger partial charge in [0.2, 0.25) is 5.79 Å². The zero-order chi connectivity index (χ0) is 44.1. The van der Waals surface area contributed by atoms with Gasteiger partial charge in [0, 0.05) is 55.4 Å². The third kappa shape index (κ3) is 10.4. The van der Waals surface area contributed by atoms with Crippen molar-refractivity contribution >= 4 is 17.5 Å². The highest BCUT2D eigenvalue weighted by molar-refractivity contribution is 6.03. The van der Waals surface area contributed by atoms with Crippen LogP contribution in [0, 0.1) is 33.7 Å². The number of hydrogen-bond acceptors (Lipinski definition) is 13. The molecule has 16 heteroatoms. The van der Waals surface area contributed by atoms with Crippen molar-refractivity contribution in [2.75, 3.05) is 53.3 Å². The van der Waals surface area contributed by atoms with Crippen LogP contribution in [0.5, 0.6) is 17.2 Å². The summed E-state index contributed by atoms with van der Waals surface area (Å²) in [5.41, 5.74) is 2.40. The van der Waals surface area contributed by atoms with E-state index in [2.05, 4.69) is 17.8 Å². The Bertz CT molecular complexity index is 2050. The minimum Gasteiger partial charge on any atom is -0.489 e. The van der Waals surface area contributed by atoms with Crippen LogP contribution in [-0.2, 0) is 20.9 Å². The molecule has 62 heavy (non-hydrogen) atoms. The average Bonchev–Trinajstić information content (AvgIpc) is 3.27. The van der Waals surface area contributed by atoms with E-state index in [-0.39, 0.29) is 94.2 Å². The monoisotopic (exact) mass is 861 g/mol. The Labute approximate surface area is 360 Å². The average molecular weight is 862 g/mol. The van der Waals surface area contributed by atoms with E-state index in [9.17, 15) is 34.6 Å². The van der Waals surface area contributed by atoms with Crippen molar-refractivity contribution in [2.24, 2.45) is 22.9 Å². The highest BCUT2D eigenvalue weighted by atomic mass is 19.1. The number of fused-ring (bicyclic) bond motifs is 2. The van der Waals surface area contributed by atoms with Crippen LogP contribution in [0.4, 0.5) is 14.9 Å². The molecule has 0 saturated heterocycles. The summed E-state index contributed by atoms with van der Waals surface area (Å²) in [6, 6.07) is 16.1. The van der Waals surface area contributed by atoms with E-state index in [1.165, 1.54) is 42.3 Å². The van der Waals surface area contributed by atoms with Crippen molar-refractivity contribution in [1.29, 1.82) is 0 Å². The zero-order valence-electron chi connectivity index (χ0n) is 34.9. The van der Waals surface area contributed by atoms with Gasteiger partial charge in [-0.25, -0.2) is 9.18 Å². The molecule has 1 saturated carbocycles. The van der Waals surface area contributed by atoms with E-state index in [0.29, 0.717) is 48.5 Å². The SMILES string of the molecule is C=CCO[C@@]12Oc3ccc(OCc4ccccc4F)cc3[C@H]3[C@H](CCCCO)[C@@H](CCCCO)C=C(C(=NOC)C[C@@H]1N(CCOCCO)C(=O)Oc1ccc([N+](=O)[O-])cc1)[C@H]32. The molecule has 3 aromatic carbocycles. The second-order valence-electron chi connectivity index (χ2n) is 15.5. The van der Waals surface area contributed by atoms with Crippen LogP contribution in [0.25, 0.3) is 0 Å². The fourth-order valence-corrected chi connectivity index (χ4v) is 9.12. The van der Waals surface area contributed by atoms with Crippen LogP contribution in [-0.4, -0.2) is 102 Å². The van der Waals surface area contributed by atoms with Gasteiger partial charge in [0.15, 0.2) is 0 Å². The van der Waals surface area contributed by atoms with Crippen LogP contribution >= 0.6 is 0 Å². The van der Waals surface area contributed by atoms with Gasteiger partial charge in [-0.15, -0.1) is 6.58 Å². The summed E-state index contributed by atoms with van der Waals surface area (Å²) in [5.74, 6) is -2.04. The standard InChI is InChI=1S/C46H56FN3O12/c1-3-24-60-46-42(49(20-25-58-26-23-53)45(54)61-34-16-14-33(15-17-34)50(55)56)29-40(48-57-2)37-27-31(10-6-8-21-51)36(12-7-9-22-52)43(44(37)46)38-28-35(18-19-41(38)62-46)59-30-32-11-4-5-13-39(32)47/h3-5,11,13-19,27-28,31,36,42-44,51-53H,1,6-10,12,20-26,29-30H2,2H3/t31-,36+,42-,43+,44+,46+/m0/s1. The van der Waals surface area contributed by atoms with E-state index in [1.807, 2.05) is 6.07 Å². The Morgan fingerprint density at radius 1 is 1.02 bits per heavy atom. The molecule has 1 heterocycles. The third-order valence-electron chi connectivity index (χ3n) is 11.8. The molecule has 1 amide bonds. The van der Waals surface area contributed by atoms with Crippen molar-refractivity contribution in [3.05, 3.63) is 118 Å². The summed E-state index contributed by atoms with van der Waals surface area (Å²) in [7, 11) is 1.45. The molecule has 3 N–H and O–H groups in total. The van der Waals surface area contributed by atoms with Gasteiger partial charge in [0.25, 0.3) is 5.69 Å². The van der Waals surface area contributed by atoms with Gasteiger partial charge in [-0.2, -0.15) is 0 Å². The first-order chi connectivity index (χ1) is 30.2. The van der Waals surface area contributed by atoms with Crippen LogP contribution < -0.4 is 14.2 Å². The number of aliphatic hydroxyl groups excluding tert-OH is 3. The number of nitro benzene ring substituents is 1. The number of rotatable bonds is 23. The number of allylic oxidation sites excluding steroid dienone is 1. The molecule has 0 radical (unpaired) electrons. The van der Waals surface area contributed by atoms with E-state index >= 15 is 0 Å². The lowest BCUT2D eigenvalue weighted by Crippen LogP contribution is -2.70. The molecule has 0 spiro atoms. The number of nitro groups is 1. The Hall–Kier alpha value is -5.39. The van der Waals surface area contributed by atoms with Gasteiger partial charge in [0.05, 0.1) is 43.0 Å². The van der Waals surface area contributed by atoms with E-state index < -0.39 is 28.8 Å². The quantitative estimate of drug-likeness (QED) is 0.0380. The third-order valence-corrected chi connectivity index (χ3v) is 11.8. The minimum atomic E-state index is -1.61. The number of ether oxygens (including phenoxy) is 5. The Morgan fingerprint density at radius 2 is 1.76 bits per heavy atom.